The molecule has 0 aliphatic heterocycles. The molecular formula is C8H10N2O3. The van der Waals surface area contributed by atoms with Crippen molar-refractivity contribution in [2.24, 2.45) is 0 Å². The molecule has 0 atom stereocenters. The molecule has 0 aliphatic rings. The fourth-order valence-electron chi connectivity index (χ4n) is 0.981. The van der Waals surface area contributed by atoms with Crippen LogP contribution in [0.1, 0.15) is 21.6 Å². The number of rotatable bonds is 2. The molecule has 0 fully saturated rings. The number of hydrogen-bond donors (Lipinski definition) is 1. The third kappa shape index (κ3) is 1.58. The summed E-state index contributed by atoms with van der Waals surface area (Å²) >= 11 is 0. The smallest absolute Gasteiger partial charge is 0.341 e. The second-order valence-electron chi connectivity index (χ2n) is 2.60. The number of aromatic carboxylic acids is 1. The Balaban J connectivity index is 3.41. The third-order valence-corrected chi connectivity index (χ3v) is 1.83. The molecule has 0 unspecified atom stereocenters. The van der Waals surface area contributed by atoms with E-state index < -0.39 is 5.97 Å². The molecule has 0 bridgehead atoms. The van der Waals surface area contributed by atoms with E-state index in [4.69, 9.17) is 9.84 Å². The van der Waals surface area contributed by atoms with Crippen molar-refractivity contribution < 1.29 is 14.6 Å². The second-order valence-corrected chi connectivity index (χ2v) is 2.60. The van der Waals surface area contributed by atoms with Gasteiger partial charge in [-0.2, -0.15) is 5.10 Å². The number of aromatic nitrogens is 2. The predicted octanol–water partition coefficient (Wildman–Crippen LogP) is 0.800. The molecule has 0 aliphatic carbocycles. The summed E-state index contributed by atoms with van der Waals surface area (Å²) in [4.78, 5) is 10.8. The van der Waals surface area contributed by atoms with E-state index in [1.54, 1.807) is 13.8 Å². The number of methoxy groups -OCH3 is 1. The lowest BCUT2D eigenvalue weighted by Gasteiger charge is -2.06. The average Bonchev–Trinajstić information content (AvgIpc) is 2.08. The molecule has 1 rings (SSSR count). The highest BCUT2D eigenvalue weighted by Crippen LogP contribution is 2.19. The zero-order valence-electron chi connectivity index (χ0n) is 7.66. The van der Waals surface area contributed by atoms with Crippen LogP contribution in [0.3, 0.4) is 0 Å². The summed E-state index contributed by atoms with van der Waals surface area (Å²) in [5.74, 6) is -0.997. The van der Waals surface area contributed by atoms with Gasteiger partial charge in [-0.15, -0.1) is 5.10 Å². The molecule has 0 aromatic carbocycles. The van der Waals surface area contributed by atoms with Gasteiger partial charge >= 0.3 is 5.97 Å². The first-order chi connectivity index (χ1) is 6.07. The van der Waals surface area contributed by atoms with Crippen molar-refractivity contribution in [1.29, 1.82) is 0 Å². The Morgan fingerprint density at radius 2 is 2.00 bits per heavy atom. The van der Waals surface area contributed by atoms with E-state index in [2.05, 4.69) is 10.2 Å². The highest BCUT2D eigenvalue weighted by Gasteiger charge is 2.17. The van der Waals surface area contributed by atoms with Crippen LogP contribution in [-0.2, 0) is 0 Å². The van der Waals surface area contributed by atoms with E-state index in [9.17, 15) is 4.79 Å². The average molecular weight is 182 g/mol. The zero-order valence-corrected chi connectivity index (χ0v) is 7.66. The van der Waals surface area contributed by atoms with Gasteiger partial charge in [0.15, 0.2) is 0 Å². The maximum Gasteiger partial charge on any atom is 0.341 e. The summed E-state index contributed by atoms with van der Waals surface area (Å²) in [5, 5.41) is 16.2. The number of hydrogen-bond acceptors (Lipinski definition) is 4. The van der Waals surface area contributed by atoms with Crippen LogP contribution in [-0.4, -0.2) is 28.4 Å². The lowest BCUT2D eigenvalue weighted by Crippen LogP contribution is -2.08. The number of aryl methyl sites for hydroxylation is 1. The Morgan fingerprint density at radius 1 is 1.38 bits per heavy atom. The number of carboxylic acid groups (broad SMARTS) is 1. The van der Waals surface area contributed by atoms with Crippen LogP contribution in [0.15, 0.2) is 0 Å². The SMILES string of the molecule is COc1nnc(C)c(C)c1C(=O)O. The molecule has 0 saturated heterocycles. The first-order valence-electron chi connectivity index (χ1n) is 3.69. The minimum absolute atomic E-state index is 0.0515. The van der Waals surface area contributed by atoms with Crippen molar-refractivity contribution in [2.45, 2.75) is 13.8 Å². The molecule has 70 valence electrons. The molecule has 1 aromatic heterocycles. The monoisotopic (exact) mass is 182 g/mol. The van der Waals surface area contributed by atoms with Gasteiger partial charge in [0.2, 0.25) is 5.88 Å². The number of carboxylic acids is 1. The molecule has 5 heteroatoms. The first-order valence-corrected chi connectivity index (χ1v) is 3.69. The Kier molecular flexibility index (Phi) is 2.46. The minimum atomic E-state index is -1.05. The zero-order chi connectivity index (χ0) is 10.0. The van der Waals surface area contributed by atoms with E-state index in [0.717, 1.165) is 0 Å². The summed E-state index contributed by atoms with van der Waals surface area (Å²) in [6, 6.07) is 0. The topological polar surface area (TPSA) is 72.3 Å². The Morgan fingerprint density at radius 3 is 2.46 bits per heavy atom. The van der Waals surface area contributed by atoms with Crippen molar-refractivity contribution in [3.05, 3.63) is 16.8 Å². The van der Waals surface area contributed by atoms with Gasteiger partial charge in [0.25, 0.3) is 0 Å². The molecule has 0 saturated carbocycles. The summed E-state index contributed by atoms with van der Waals surface area (Å²) in [7, 11) is 1.37. The molecule has 1 N–H and O–H groups in total. The number of ether oxygens (including phenoxy) is 1. The Labute approximate surface area is 75.4 Å². The van der Waals surface area contributed by atoms with Crippen LogP contribution in [0.2, 0.25) is 0 Å². The fraction of sp³-hybridized carbons (Fsp3) is 0.375. The number of carbonyl (C=O) groups is 1. The molecule has 0 amide bonds. The molecule has 0 radical (unpaired) electrons. The van der Waals surface area contributed by atoms with Gasteiger partial charge in [0.05, 0.1) is 12.8 Å². The van der Waals surface area contributed by atoms with Crippen molar-refractivity contribution in [2.75, 3.05) is 7.11 Å². The highest BCUT2D eigenvalue weighted by molar-refractivity contribution is 5.91. The highest BCUT2D eigenvalue weighted by atomic mass is 16.5. The van der Waals surface area contributed by atoms with Crippen LogP contribution >= 0.6 is 0 Å². The Bertz CT molecular complexity index is 349. The normalized spacial score (nSPS) is 9.77. The van der Waals surface area contributed by atoms with Crippen LogP contribution in [0.4, 0.5) is 0 Å². The third-order valence-electron chi connectivity index (χ3n) is 1.83. The van der Waals surface area contributed by atoms with Crippen LogP contribution in [0.25, 0.3) is 0 Å². The van der Waals surface area contributed by atoms with Gasteiger partial charge in [-0.25, -0.2) is 4.79 Å². The Hall–Kier alpha value is -1.65. The van der Waals surface area contributed by atoms with Gasteiger partial charge in [-0.3, -0.25) is 0 Å². The van der Waals surface area contributed by atoms with E-state index in [1.807, 2.05) is 0 Å². The molecule has 1 heterocycles. The van der Waals surface area contributed by atoms with Crippen LogP contribution in [0.5, 0.6) is 5.88 Å². The summed E-state index contributed by atoms with van der Waals surface area (Å²) in [6.45, 7) is 3.38. The maximum absolute atomic E-state index is 10.8. The van der Waals surface area contributed by atoms with E-state index in [1.165, 1.54) is 7.11 Å². The lowest BCUT2D eigenvalue weighted by molar-refractivity contribution is 0.0691. The van der Waals surface area contributed by atoms with E-state index >= 15 is 0 Å². The summed E-state index contributed by atoms with van der Waals surface area (Å²) < 4.78 is 4.79. The maximum atomic E-state index is 10.8. The van der Waals surface area contributed by atoms with Crippen molar-refractivity contribution in [3.63, 3.8) is 0 Å². The quantitative estimate of drug-likeness (QED) is 0.732. The predicted molar refractivity (Wildman–Crippen MR) is 45.0 cm³/mol. The summed E-state index contributed by atoms with van der Waals surface area (Å²) in [6.07, 6.45) is 0. The molecule has 1 aromatic rings. The van der Waals surface area contributed by atoms with Crippen LogP contribution < -0.4 is 4.74 Å². The fourth-order valence-corrected chi connectivity index (χ4v) is 0.981. The molecule has 0 spiro atoms. The standard InChI is InChI=1S/C8H10N2O3/c1-4-5(2)9-10-7(13-3)6(4)8(11)12/h1-3H3,(H,11,12). The molecular weight excluding hydrogens is 172 g/mol. The lowest BCUT2D eigenvalue weighted by atomic mass is 10.1. The molecule has 5 nitrogen and oxygen atoms in total. The van der Waals surface area contributed by atoms with Crippen molar-refractivity contribution in [1.82, 2.24) is 10.2 Å². The van der Waals surface area contributed by atoms with Gasteiger partial charge in [-0.1, -0.05) is 0 Å². The van der Waals surface area contributed by atoms with E-state index in [-0.39, 0.29) is 11.4 Å². The number of nitrogens with zero attached hydrogens (tertiary/aromatic N) is 2. The van der Waals surface area contributed by atoms with Crippen LogP contribution in [0, 0.1) is 13.8 Å². The van der Waals surface area contributed by atoms with Gasteiger partial charge in [-0.05, 0) is 19.4 Å². The first kappa shape index (κ1) is 9.44. The van der Waals surface area contributed by atoms with Crippen molar-refractivity contribution >= 4 is 5.97 Å². The molecule has 13 heavy (non-hydrogen) atoms. The van der Waals surface area contributed by atoms with Gasteiger partial charge in [0, 0.05) is 0 Å². The summed E-state index contributed by atoms with van der Waals surface area (Å²) in [5.41, 5.74) is 1.26. The van der Waals surface area contributed by atoms with Gasteiger partial charge in [0.1, 0.15) is 5.56 Å². The van der Waals surface area contributed by atoms with Gasteiger partial charge < -0.3 is 9.84 Å². The van der Waals surface area contributed by atoms with E-state index in [0.29, 0.717) is 11.3 Å². The van der Waals surface area contributed by atoms with Crippen molar-refractivity contribution in [3.8, 4) is 5.88 Å². The largest absolute Gasteiger partial charge is 0.479 e. The second kappa shape index (κ2) is 3.38. The minimum Gasteiger partial charge on any atom is -0.479 e.